The van der Waals surface area contributed by atoms with E-state index >= 15 is 0 Å². The number of carbonyl (C=O) groups excluding carboxylic acids is 2. The average Bonchev–Trinajstić information content (AvgIpc) is 2.84. The second-order valence-corrected chi connectivity index (χ2v) is 5.44. The van der Waals surface area contributed by atoms with Gasteiger partial charge in [-0.1, -0.05) is 11.6 Å². The number of hydrogen-bond acceptors (Lipinski definition) is 3. The molecule has 0 aliphatic carbocycles. The maximum atomic E-state index is 13.0. The van der Waals surface area contributed by atoms with Crippen LogP contribution in [0.4, 0.5) is 10.1 Å². The second-order valence-electron chi connectivity index (χ2n) is 5.00. The second kappa shape index (κ2) is 6.33. The van der Waals surface area contributed by atoms with E-state index in [0.29, 0.717) is 22.0 Å². The van der Waals surface area contributed by atoms with Crippen LogP contribution < -0.4 is 15.2 Å². The van der Waals surface area contributed by atoms with Crippen molar-refractivity contribution >= 4 is 35.2 Å². The normalized spacial score (nSPS) is 15.8. The lowest BCUT2D eigenvalue weighted by atomic mass is 10.1. The first-order valence-corrected chi connectivity index (χ1v) is 7.33. The monoisotopic (exact) mass is 346 g/mol. The summed E-state index contributed by atoms with van der Waals surface area (Å²) in [6.07, 6.45) is 1.41. The minimum Gasteiger partial charge on any atom is -0.496 e. The molecule has 7 heteroatoms. The molecule has 1 heterocycles. The number of nitrogens with zero attached hydrogens (tertiary/aromatic N) is 1. The highest BCUT2D eigenvalue weighted by atomic mass is 35.5. The summed E-state index contributed by atoms with van der Waals surface area (Å²) in [5.41, 5.74) is 3.23. The zero-order valence-electron chi connectivity index (χ0n) is 12.5. The predicted octanol–water partition coefficient (Wildman–Crippen LogP) is 2.95. The molecule has 2 aromatic carbocycles. The van der Waals surface area contributed by atoms with Crippen molar-refractivity contribution in [1.29, 1.82) is 0 Å². The zero-order chi connectivity index (χ0) is 17.3. The lowest BCUT2D eigenvalue weighted by Gasteiger charge is -2.14. The van der Waals surface area contributed by atoms with Crippen LogP contribution in [0.25, 0.3) is 6.08 Å². The van der Waals surface area contributed by atoms with Gasteiger partial charge in [0.15, 0.2) is 0 Å². The summed E-state index contributed by atoms with van der Waals surface area (Å²) in [5, 5.41) is 1.51. The van der Waals surface area contributed by atoms with Gasteiger partial charge in [0.05, 0.1) is 12.8 Å². The summed E-state index contributed by atoms with van der Waals surface area (Å²) in [4.78, 5) is 24.6. The number of amides is 2. The van der Waals surface area contributed by atoms with Crippen molar-refractivity contribution in [2.24, 2.45) is 0 Å². The zero-order valence-corrected chi connectivity index (χ0v) is 13.3. The van der Waals surface area contributed by atoms with Crippen molar-refractivity contribution in [1.82, 2.24) is 5.43 Å². The lowest BCUT2D eigenvalue weighted by Crippen LogP contribution is -2.35. The Hall–Kier alpha value is -2.86. The standard InChI is InChI=1S/C17H12ClFN2O3/c1-24-15-7-2-11(18)8-10(15)9-14-16(22)20-21(17(14)23)13-5-3-12(19)4-6-13/h2-9H,1H3,(H,20,22)/b14-9-. The van der Waals surface area contributed by atoms with Crippen LogP contribution in [0.15, 0.2) is 48.0 Å². The Morgan fingerprint density at radius 1 is 1.17 bits per heavy atom. The third-order valence-corrected chi connectivity index (χ3v) is 3.70. The van der Waals surface area contributed by atoms with Crippen LogP contribution in [-0.4, -0.2) is 18.9 Å². The van der Waals surface area contributed by atoms with Gasteiger partial charge in [-0.15, -0.1) is 0 Å². The predicted molar refractivity (Wildman–Crippen MR) is 88.0 cm³/mol. The van der Waals surface area contributed by atoms with E-state index < -0.39 is 17.6 Å². The first kappa shape index (κ1) is 16.0. The molecule has 122 valence electrons. The van der Waals surface area contributed by atoms with Crippen molar-refractivity contribution in [3.05, 3.63) is 64.4 Å². The fraction of sp³-hybridized carbons (Fsp3) is 0.0588. The van der Waals surface area contributed by atoms with Gasteiger partial charge in [0.25, 0.3) is 11.8 Å². The molecule has 1 aliphatic rings. The van der Waals surface area contributed by atoms with Crippen molar-refractivity contribution in [2.45, 2.75) is 0 Å². The van der Waals surface area contributed by atoms with Gasteiger partial charge in [0.2, 0.25) is 0 Å². The highest BCUT2D eigenvalue weighted by Gasteiger charge is 2.34. The van der Waals surface area contributed by atoms with Gasteiger partial charge >= 0.3 is 0 Å². The number of nitrogens with one attached hydrogen (secondary N) is 1. The number of carbonyl (C=O) groups is 2. The highest BCUT2D eigenvalue weighted by Crippen LogP contribution is 2.27. The van der Waals surface area contributed by atoms with Crippen molar-refractivity contribution < 1.29 is 18.7 Å². The molecular formula is C17H12ClFN2O3. The Kier molecular flexibility index (Phi) is 4.22. The molecule has 5 nitrogen and oxygen atoms in total. The van der Waals surface area contributed by atoms with E-state index in [0.717, 1.165) is 5.01 Å². The summed E-state index contributed by atoms with van der Waals surface area (Å²) < 4.78 is 18.2. The minimum atomic E-state index is -0.564. The van der Waals surface area contributed by atoms with Crippen LogP contribution in [0.5, 0.6) is 5.75 Å². The molecule has 3 rings (SSSR count). The van der Waals surface area contributed by atoms with Crippen molar-refractivity contribution in [2.75, 3.05) is 12.1 Å². The van der Waals surface area contributed by atoms with E-state index in [1.54, 1.807) is 18.2 Å². The van der Waals surface area contributed by atoms with E-state index in [9.17, 15) is 14.0 Å². The van der Waals surface area contributed by atoms with Gasteiger partial charge in [0, 0.05) is 10.6 Å². The Morgan fingerprint density at radius 2 is 1.88 bits per heavy atom. The van der Waals surface area contributed by atoms with Gasteiger partial charge in [-0.3, -0.25) is 15.0 Å². The molecule has 24 heavy (non-hydrogen) atoms. The summed E-state index contributed by atoms with van der Waals surface area (Å²) in [7, 11) is 1.48. The molecule has 1 aliphatic heterocycles. The molecule has 0 spiro atoms. The molecule has 1 saturated heterocycles. The quantitative estimate of drug-likeness (QED) is 0.686. The molecule has 0 bridgehead atoms. The van der Waals surface area contributed by atoms with Crippen LogP contribution in [0.2, 0.25) is 5.02 Å². The van der Waals surface area contributed by atoms with Crippen LogP contribution in [0, 0.1) is 5.82 Å². The summed E-state index contributed by atoms with van der Waals surface area (Å²) in [6.45, 7) is 0. The highest BCUT2D eigenvalue weighted by molar-refractivity contribution is 6.32. The number of halogens is 2. The number of anilines is 1. The first-order chi connectivity index (χ1) is 11.5. The molecular weight excluding hydrogens is 335 g/mol. The van der Waals surface area contributed by atoms with Gasteiger partial charge in [-0.2, -0.15) is 0 Å². The third-order valence-electron chi connectivity index (χ3n) is 3.47. The summed E-state index contributed by atoms with van der Waals surface area (Å²) in [5.74, 6) is -1.07. The number of hydrazine groups is 1. The lowest BCUT2D eigenvalue weighted by molar-refractivity contribution is -0.117. The maximum absolute atomic E-state index is 13.0. The number of ether oxygens (including phenoxy) is 1. The van der Waals surface area contributed by atoms with Crippen LogP contribution in [0.1, 0.15) is 5.56 Å². The van der Waals surface area contributed by atoms with E-state index in [4.69, 9.17) is 16.3 Å². The summed E-state index contributed by atoms with van der Waals surface area (Å²) >= 11 is 5.96. The van der Waals surface area contributed by atoms with Crippen LogP contribution >= 0.6 is 11.6 Å². The number of hydrogen-bond donors (Lipinski definition) is 1. The Balaban J connectivity index is 1.97. The van der Waals surface area contributed by atoms with Gasteiger partial charge in [0.1, 0.15) is 17.1 Å². The van der Waals surface area contributed by atoms with Gasteiger partial charge in [-0.05, 0) is 48.5 Å². The molecule has 0 saturated carbocycles. The molecule has 1 fully saturated rings. The fourth-order valence-corrected chi connectivity index (χ4v) is 2.48. The fourth-order valence-electron chi connectivity index (χ4n) is 2.30. The Morgan fingerprint density at radius 3 is 2.54 bits per heavy atom. The molecule has 2 amide bonds. The molecule has 0 aromatic heterocycles. The maximum Gasteiger partial charge on any atom is 0.282 e. The van der Waals surface area contributed by atoms with E-state index in [-0.39, 0.29) is 5.57 Å². The molecule has 0 unspecified atom stereocenters. The number of methoxy groups -OCH3 is 1. The third kappa shape index (κ3) is 2.96. The van der Waals surface area contributed by atoms with E-state index in [1.165, 1.54) is 37.5 Å². The van der Waals surface area contributed by atoms with E-state index in [2.05, 4.69) is 5.43 Å². The molecule has 0 atom stereocenters. The smallest absolute Gasteiger partial charge is 0.282 e. The first-order valence-electron chi connectivity index (χ1n) is 6.96. The van der Waals surface area contributed by atoms with Crippen molar-refractivity contribution in [3.8, 4) is 5.75 Å². The number of rotatable bonds is 3. The molecule has 2 aromatic rings. The minimum absolute atomic E-state index is 0.0695. The SMILES string of the molecule is COc1ccc(Cl)cc1/C=C1/C(=O)NN(c2ccc(F)cc2)C1=O. The summed E-state index contributed by atoms with van der Waals surface area (Å²) in [6, 6.07) is 10.1. The van der Waals surface area contributed by atoms with Crippen LogP contribution in [0.3, 0.4) is 0 Å². The number of benzene rings is 2. The average molecular weight is 347 g/mol. The van der Waals surface area contributed by atoms with Gasteiger partial charge < -0.3 is 4.74 Å². The van der Waals surface area contributed by atoms with Gasteiger partial charge in [-0.25, -0.2) is 9.40 Å². The van der Waals surface area contributed by atoms with E-state index in [1.807, 2.05) is 0 Å². The Labute approximate surface area is 142 Å². The topological polar surface area (TPSA) is 58.6 Å². The molecule has 0 radical (unpaired) electrons. The Bertz CT molecular complexity index is 849. The van der Waals surface area contributed by atoms with Crippen molar-refractivity contribution in [3.63, 3.8) is 0 Å². The molecule has 1 N–H and O–H groups in total. The largest absolute Gasteiger partial charge is 0.496 e. The van der Waals surface area contributed by atoms with Crippen LogP contribution in [-0.2, 0) is 9.59 Å².